The summed E-state index contributed by atoms with van der Waals surface area (Å²) in [6.45, 7) is 0. The van der Waals surface area contributed by atoms with Crippen LogP contribution in [0.3, 0.4) is 0 Å². The molecule has 54 valence electrons. The van der Waals surface area contributed by atoms with Crippen LogP contribution in [0, 0.1) is 0 Å². The van der Waals surface area contributed by atoms with E-state index < -0.39 is 0 Å². The van der Waals surface area contributed by atoms with Gasteiger partial charge in [0.2, 0.25) is 0 Å². The van der Waals surface area contributed by atoms with Gasteiger partial charge in [-0.2, -0.15) is 0 Å². The van der Waals surface area contributed by atoms with Crippen molar-refractivity contribution >= 4 is 45.2 Å². The zero-order chi connectivity index (χ0) is 7.40. The Morgan fingerprint density at radius 1 is 1.30 bits per heavy atom. The van der Waals surface area contributed by atoms with Crippen molar-refractivity contribution in [2.45, 2.75) is 8.86 Å². The average Bonchev–Trinajstić information content (AvgIpc) is 2.05. The van der Waals surface area contributed by atoms with Crippen LogP contribution in [0.1, 0.15) is 11.3 Å². The minimum absolute atomic E-state index is 1.00. The number of halogens is 2. The Balaban J connectivity index is 2.87. The lowest BCUT2D eigenvalue weighted by Gasteiger charge is -1.96. The Kier molecular flexibility index (Phi) is 3.90. The Morgan fingerprint density at radius 2 is 2.10 bits per heavy atom. The summed E-state index contributed by atoms with van der Waals surface area (Å²) in [6, 6.07) is 4.21. The largest absolute Gasteiger partial charge is 0.260 e. The summed E-state index contributed by atoms with van der Waals surface area (Å²) in [4.78, 5) is 4.20. The zero-order valence-corrected chi connectivity index (χ0v) is 9.66. The zero-order valence-electron chi connectivity index (χ0n) is 5.35. The Labute approximate surface area is 87.9 Å². The second-order valence-corrected chi connectivity index (χ2v) is 3.45. The van der Waals surface area contributed by atoms with Crippen molar-refractivity contribution in [2.24, 2.45) is 0 Å². The number of hydrogen-bond donors (Lipinski definition) is 0. The molecule has 0 unspecified atom stereocenters. The Hall–Kier alpha value is 0.610. The minimum Gasteiger partial charge on any atom is -0.260 e. The maximum Gasteiger partial charge on any atom is 0.0503 e. The molecule has 0 aromatic carbocycles. The monoisotopic (exact) mass is 359 g/mol. The predicted octanol–water partition coefficient (Wildman–Crippen LogP) is 2.95. The van der Waals surface area contributed by atoms with Crippen LogP contribution in [-0.4, -0.2) is 4.98 Å². The summed E-state index contributed by atoms with van der Waals surface area (Å²) in [5, 5.41) is 0. The first-order chi connectivity index (χ1) is 4.86. The van der Waals surface area contributed by atoms with E-state index in [-0.39, 0.29) is 0 Å². The van der Waals surface area contributed by atoms with E-state index in [0.717, 1.165) is 8.86 Å². The second kappa shape index (κ2) is 4.48. The maximum atomic E-state index is 4.20. The summed E-state index contributed by atoms with van der Waals surface area (Å²) < 4.78 is 2.08. The van der Waals surface area contributed by atoms with Gasteiger partial charge in [0.1, 0.15) is 0 Å². The molecule has 0 amide bonds. The lowest BCUT2D eigenvalue weighted by Crippen LogP contribution is -1.85. The molecule has 0 radical (unpaired) electrons. The molecule has 0 saturated heterocycles. The van der Waals surface area contributed by atoms with E-state index in [2.05, 4.69) is 62.3 Å². The van der Waals surface area contributed by atoms with Gasteiger partial charge in [-0.05, 0) is 17.7 Å². The van der Waals surface area contributed by atoms with Gasteiger partial charge in [-0.3, -0.25) is 4.98 Å². The number of alkyl halides is 2. The number of hydrogen-bond acceptors (Lipinski definition) is 1. The first-order valence-corrected chi connectivity index (χ1v) is 5.97. The summed E-state index contributed by atoms with van der Waals surface area (Å²) in [7, 11) is 0. The molecule has 0 bridgehead atoms. The predicted molar refractivity (Wildman–Crippen MR) is 59.7 cm³/mol. The van der Waals surface area contributed by atoms with Crippen molar-refractivity contribution in [3.8, 4) is 0 Å². The fraction of sp³-hybridized carbons (Fsp3) is 0.286. The molecule has 1 heterocycles. The van der Waals surface area contributed by atoms with Crippen LogP contribution >= 0.6 is 45.2 Å². The third-order valence-corrected chi connectivity index (χ3v) is 2.83. The molecular formula is C7H7I2N. The first kappa shape index (κ1) is 8.70. The van der Waals surface area contributed by atoms with Gasteiger partial charge in [0.25, 0.3) is 0 Å². The molecule has 0 N–H and O–H groups in total. The molecule has 0 fully saturated rings. The normalized spacial score (nSPS) is 9.80. The SMILES string of the molecule is ICc1ccnc(CI)c1. The van der Waals surface area contributed by atoms with Gasteiger partial charge in [-0.15, -0.1) is 0 Å². The lowest BCUT2D eigenvalue weighted by molar-refractivity contribution is 1.17. The van der Waals surface area contributed by atoms with Gasteiger partial charge in [-0.1, -0.05) is 45.2 Å². The van der Waals surface area contributed by atoms with Gasteiger partial charge in [-0.25, -0.2) is 0 Å². The van der Waals surface area contributed by atoms with Gasteiger partial charge >= 0.3 is 0 Å². The van der Waals surface area contributed by atoms with Gasteiger partial charge in [0, 0.05) is 15.1 Å². The summed E-state index contributed by atoms with van der Waals surface area (Å²) in [6.07, 6.45) is 1.88. The third-order valence-electron chi connectivity index (χ3n) is 1.17. The molecule has 1 nitrogen and oxygen atoms in total. The van der Waals surface area contributed by atoms with E-state index in [1.165, 1.54) is 11.3 Å². The summed E-state index contributed by atoms with van der Waals surface area (Å²) in [5.41, 5.74) is 2.54. The van der Waals surface area contributed by atoms with Gasteiger partial charge in [0.05, 0.1) is 5.69 Å². The lowest BCUT2D eigenvalue weighted by atomic mass is 10.3. The molecule has 0 saturated carbocycles. The topological polar surface area (TPSA) is 12.9 Å². The van der Waals surface area contributed by atoms with Crippen LogP contribution in [0.15, 0.2) is 18.3 Å². The molecule has 0 aliphatic carbocycles. The molecule has 3 heteroatoms. The van der Waals surface area contributed by atoms with E-state index in [1.807, 2.05) is 6.20 Å². The van der Waals surface area contributed by atoms with Crippen LogP contribution < -0.4 is 0 Å². The number of rotatable bonds is 2. The van der Waals surface area contributed by atoms with Gasteiger partial charge in [0.15, 0.2) is 0 Å². The third kappa shape index (κ3) is 2.34. The van der Waals surface area contributed by atoms with Crippen LogP contribution in [0.2, 0.25) is 0 Å². The average molecular weight is 359 g/mol. The van der Waals surface area contributed by atoms with E-state index >= 15 is 0 Å². The van der Waals surface area contributed by atoms with Crippen molar-refractivity contribution in [1.29, 1.82) is 0 Å². The molecule has 1 rings (SSSR count). The highest BCUT2D eigenvalue weighted by molar-refractivity contribution is 14.1. The van der Waals surface area contributed by atoms with Crippen LogP contribution in [0.5, 0.6) is 0 Å². The van der Waals surface area contributed by atoms with E-state index in [4.69, 9.17) is 0 Å². The smallest absolute Gasteiger partial charge is 0.0503 e. The maximum absolute atomic E-state index is 4.20. The fourth-order valence-electron chi connectivity index (χ4n) is 0.684. The van der Waals surface area contributed by atoms with Crippen LogP contribution in [0.4, 0.5) is 0 Å². The standard InChI is InChI=1S/C7H7I2N/c8-4-6-1-2-10-7(3-6)5-9/h1-3H,4-5H2. The van der Waals surface area contributed by atoms with Crippen molar-refractivity contribution in [1.82, 2.24) is 4.98 Å². The molecule has 1 aromatic rings. The first-order valence-electron chi connectivity index (χ1n) is 2.92. The van der Waals surface area contributed by atoms with Crippen molar-refractivity contribution in [2.75, 3.05) is 0 Å². The Bertz CT molecular complexity index is 193. The van der Waals surface area contributed by atoms with E-state index in [1.54, 1.807) is 0 Å². The van der Waals surface area contributed by atoms with E-state index in [0.29, 0.717) is 0 Å². The van der Waals surface area contributed by atoms with Crippen LogP contribution in [0.25, 0.3) is 0 Å². The van der Waals surface area contributed by atoms with Crippen LogP contribution in [-0.2, 0) is 8.86 Å². The molecule has 0 spiro atoms. The molecule has 1 aromatic heterocycles. The fourth-order valence-corrected chi connectivity index (χ4v) is 1.58. The van der Waals surface area contributed by atoms with Crippen molar-refractivity contribution in [3.05, 3.63) is 29.6 Å². The number of aromatic nitrogens is 1. The second-order valence-electron chi connectivity index (χ2n) is 1.92. The van der Waals surface area contributed by atoms with Crippen molar-refractivity contribution in [3.63, 3.8) is 0 Å². The molecular weight excluding hydrogens is 352 g/mol. The number of nitrogens with zero attached hydrogens (tertiary/aromatic N) is 1. The highest BCUT2D eigenvalue weighted by Crippen LogP contribution is 2.08. The molecule has 0 aliphatic heterocycles. The molecule has 0 aliphatic rings. The van der Waals surface area contributed by atoms with Crippen molar-refractivity contribution < 1.29 is 0 Å². The molecule has 0 atom stereocenters. The van der Waals surface area contributed by atoms with E-state index in [9.17, 15) is 0 Å². The summed E-state index contributed by atoms with van der Waals surface area (Å²) in [5.74, 6) is 0. The summed E-state index contributed by atoms with van der Waals surface area (Å²) >= 11 is 4.68. The quantitative estimate of drug-likeness (QED) is 0.585. The highest BCUT2D eigenvalue weighted by atomic mass is 127. The highest BCUT2D eigenvalue weighted by Gasteiger charge is 1.92. The molecule has 10 heavy (non-hydrogen) atoms. The van der Waals surface area contributed by atoms with Gasteiger partial charge < -0.3 is 0 Å². The Morgan fingerprint density at radius 3 is 2.70 bits per heavy atom. The number of pyridine rings is 1. The minimum atomic E-state index is 1.00.